The molecule has 4 N–H and O–H groups in total. The van der Waals surface area contributed by atoms with Crippen LogP contribution in [0.1, 0.15) is 50.7 Å². The smallest absolute Gasteiger partial charge is 0.227 e. The molecule has 28 heavy (non-hydrogen) atoms. The Balaban J connectivity index is 1.71. The third kappa shape index (κ3) is 7.06. The molecule has 2 aromatic rings. The number of nitrogen functional groups attached to an aromatic ring is 1. The lowest BCUT2D eigenvalue weighted by Gasteiger charge is -2.14. The Morgan fingerprint density at radius 2 is 1.61 bits per heavy atom. The molecule has 0 heterocycles. The molecule has 0 radical (unpaired) electrons. The predicted molar refractivity (Wildman–Crippen MR) is 115 cm³/mol. The first-order chi connectivity index (χ1) is 13.3. The van der Waals surface area contributed by atoms with Crippen molar-refractivity contribution in [3.8, 4) is 0 Å². The zero-order valence-corrected chi connectivity index (χ0v) is 17.0. The van der Waals surface area contributed by atoms with Crippen LogP contribution in [0.2, 0.25) is 0 Å². The van der Waals surface area contributed by atoms with Crippen LogP contribution in [-0.2, 0) is 16.0 Å². The molecule has 0 bridgehead atoms. The second-order valence-electron chi connectivity index (χ2n) is 7.63. The SMILES string of the molecule is CC(C)Cc1ccc(C(C)C(=O)NCCCC(=O)Nc2ccc(N)cc2)cc1. The molecule has 0 fully saturated rings. The van der Waals surface area contributed by atoms with Crippen molar-refractivity contribution in [1.29, 1.82) is 0 Å². The first-order valence-corrected chi connectivity index (χ1v) is 9.87. The lowest BCUT2D eigenvalue weighted by atomic mass is 9.96. The normalized spacial score (nSPS) is 11.9. The van der Waals surface area contributed by atoms with E-state index in [4.69, 9.17) is 5.73 Å². The van der Waals surface area contributed by atoms with Gasteiger partial charge < -0.3 is 16.4 Å². The maximum Gasteiger partial charge on any atom is 0.227 e. The zero-order valence-electron chi connectivity index (χ0n) is 17.0. The molecule has 1 unspecified atom stereocenters. The molecule has 0 saturated heterocycles. The number of amides is 2. The summed E-state index contributed by atoms with van der Waals surface area (Å²) >= 11 is 0. The fourth-order valence-electron chi connectivity index (χ4n) is 2.97. The van der Waals surface area contributed by atoms with Crippen LogP contribution >= 0.6 is 0 Å². The van der Waals surface area contributed by atoms with E-state index in [0.29, 0.717) is 31.0 Å². The van der Waals surface area contributed by atoms with Gasteiger partial charge in [0.25, 0.3) is 0 Å². The van der Waals surface area contributed by atoms with Gasteiger partial charge >= 0.3 is 0 Å². The van der Waals surface area contributed by atoms with Gasteiger partial charge in [0.1, 0.15) is 0 Å². The highest BCUT2D eigenvalue weighted by Gasteiger charge is 2.15. The van der Waals surface area contributed by atoms with E-state index in [-0.39, 0.29) is 17.7 Å². The number of rotatable bonds is 9. The van der Waals surface area contributed by atoms with Gasteiger partial charge in [-0.1, -0.05) is 38.1 Å². The van der Waals surface area contributed by atoms with Crippen LogP contribution in [0.25, 0.3) is 0 Å². The average Bonchev–Trinajstić information content (AvgIpc) is 2.66. The van der Waals surface area contributed by atoms with Crippen molar-refractivity contribution in [2.75, 3.05) is 17.6 Å². The number of benzene rings is 2. The van der Waals surface area contributed by atoms with Gasteiger partial charge in [0, 0.05) is 24.3 Å². The maximum atomic E-state index is 12.4. The number of hydrogen-bond acceptors (Lipinski definition) is 3. The van der Waals surface area contributed by atoms with E-state index in [1.54, 1.807) is 24.3 Å². The summed E-state index contributed by atoms with van der Waals surface area (Å²) in [5, 5.41) is 5.74. The molecule has 5 nitrogen and oxygen atoms in total. The molecule has 1 atom stereocenters. The van der Waals surface area contributed by atoms with Crippen molar-refractivity contribution in [2.24, 2.45) is 5.92 Å². The van der Waals surface area contributed by atoms with Gasteiger partial charge in [-0.3, -0.25) is 9.59 Å². The molecule has 0 aliphatic rings. The fraction of sp³-hybridized carbons (Fsp3) is 0.391. The highest BCUT2D eigenvalue weighted by molar-refractivity contribution is 5.90. The van der Waals surface area contributed by atoms with E-state index in [1.165, 1.54) is 5.56 Å². The summed E-state index contributed by atoms with van der Waals surface area (Å²) in [6.45, 7) is 6.77. The monoisotopic (exact) mass is 381 g/mol. The summed E-state index contributed by atoms with van der Waals surface area (Å²) in [5.41, 5.74) is 9.30. The Morgan fingerprint density at radius 3 is 2.21 bits per heavy atom. The van der Waals surface area contributed by atoms with Crippen molar-refractivity contribution in [2.45, 2.75) is 46.0 Å². The molecule has 0 aromatic heterocycles. The first kappa shape index (κ1) is 21.5. The molecule has 0 aliphatic heterocycles. The Labute approximate surface area is 167 Å². The Hall–Kier alpha value is -2.82. The van der Waals surface area contributed by atoms with Crippen LogP contribution in [-0.4, -0.2) is 18.4 Å². The lowest BCUT2D eigenvalue weighted by Crippen LogP contribution is -2.29. The van der Waals surface area contributed by atoms with Crippen molar-refractivity contribution < 1.29 is 9.59 Å². The van der Waals surface area contributed by atoms with E-state index in [2.05, 4.69) is 36.6 Å². The number of nitrogens with one attached hydrogen (secondary N) is 2. The molecular formula is C23H31N3O2. The Kier molecular flexibility index (Phi) is 8.05. The predicted octanol–water partition coefficient (Wildman–Crippen LogP) is 4.11. The zero-order chi connectivity index (χ0) is 20.5. The summed E-state index contributed by atoms with van der Waals surface area (Å²) in [6.07, 6.45) is 1.98. The average molecular weight is 382 g/mol. The molecule has 2 rings (SSSR count). The number of carbonyl (C=O) groups is 2. The second-order valence-corrected chi connectivity index (χ2v) is 7.63. The van der Waals surface area contributed by atoms with Gasteiger partial charge in [-0.05, 0) is 61.1 Å². The number of nitrogens with two attached hydrogens (primary N) is 1. The molecule has 5 heteroatoms. The van der Waals surface area contributed by atoms with Gasteiger partial charge in [-0.15, -0.1) is 0 Å². The van der Waals surface area contributed by atoms with Crippen LogP contribution < -0.4 is 16.4 Å². The van der Waals surface area contributed by atoms with Crippen LogP contribution in [0.3, 0.4) is 0 Å². The second kappa shape index (κ2) is 10.5. The third-order valence-corrected chi connectivity index (χ3v) is 4.59. The van der Waals surface area contributed by atoms with E-state index < -0.39 is 0 Å². The molecule has 0 aliphatic carbocycles. The minimum atomic E-state index is -0.211. The van der Waals surface area contributed by atoms with Crippen molar-refractivity contribution >= 4 is 23.2 Å². The number of hydrogen-bond donors (Lipinski definition) is 3. The molecule has 0 spiro atoms. The van der Waals surface area contributed by atoms with E-state index in [0.717, 1.165) is 17.7 Å². The van der Waals surface area contributed by atoms with Gasteiger partial charge in [-0.2, -0.15) is 0 Å². The number of carbonyl (C=O) groups excluding carboxylic acids is 2. The van der Waals surface area contributed by atoms with Crippen molar-refractivity contribution in [1.82, 2.24) is 5.32 Å². The largest absolute Gasteiger partial charge is 0.399 e. The Morgan fingerprint density at radius 1 is 0.964 bits per heavy atom. The van der Waals surface area contributed by atoms with Crippen molar-refractivity contribution in [3.63, 3.8) is 0 Å². The van der Waals surface area contributed by atoms with E-state index in [1.807, 2.05) is 19.1 Å². The van der Waals surface area contributed by atoms with Gasteiger partial charge in [0.15, 0.2) is 0 Å². The molecule has 2 aromatic carbocycles. The lowest BCUT2D eigenvalue weighted by molar-refractivity contribution is -0.122. The van der Waals surface area contributed by atoms with Crippen LogP contribution in [0, 0.1) is 5.92 Å². The highest BCUT2D eigenvalue weighted by Crippen LogP contribution is 2.18. The van der Waals surface area contributed by atoms with Crippen LogP contribution in [0.5, 0.6) is 0 Å². The first-order valence-electron chi connectivity index (χ1n) is 9.87. The quantitative estimate of drug-likeness (QED) is 0.451. The minimum absolute atomic E-state index is 0.0180. The molecule has 150 valence electrons. The fourth-order valence-corrected chi connectivity index (χ4v) is 2.97. The highest BCUT2D eigenvalue weighted by atomic mass is 16.2. The molecular weight excluding hydrogens is 350 g/mol. The minimum Gasteiger partial charge on any atom is -0.399 e. The Bertz CT molecular complexity index is 767. The number of anilines is 2. The molecule has 0 saturated carbocycles. The van der Waals surface area contributed by atoms with E-state index in [9.17, 15) is 9.59 Å². The topological polar surface area (TPSA) is 84.2 Å². The summed E-state index contributed by atoms with van der Waals surface area (Å²) in [4.78, 5) is 24.3. The summed E-state index contributed by atoms with van der Waals surface area (Å²) in [7, 11) is 0. The summed E-state index contributed by atoms with van der Waals surface area (Å²) in [6, 6.07) is 15.3. The summed E-state index contributed by atoms with van der Waals surface area (Å²) in [5.74, 6) is 0.309. The van der Waals surface area contributed by atoms with Gasteiger partial charge in [-0.25, -0.2) is 0 Å². The van der Waals surface area contributed by atoms with Gasteiger partial charge in [0.2, 0.25) is 11.8 Å². The standard InChI is InChI=1S/C23H31N3O2/c1-16(2)15-18-6-8-19(9-7-18)17(3)23(28)25-14-4-5-22(27)26-21-12-10-20(24)11-13-21/h6-13,16-17H,4-5,14-15,24H2,1-3H3,(H,25,28)(H,26,27). The maximum absolute atomic E-state index is 12.4. The van der Waals surface area contributed by atoms with E-state index >= 15 is 0 Å². The third-order valence-electron chi connectivity index (χ3n) is 4.59. The van der Waals surface area contributed by atoms with Gasteiger partial charge in [0.05, 0.1) is 5.92 Å². The molecule has 2 amide bonds. The summed E-state index contributed by atoms with van der Waals surface area (Å²) < 4.78 is 0. The van der Waals surface area contributed by atoms with Crippen LogP contribution in [0.15, 0.2) is 48.5 Å². The van der Waals surface area contributed by atoms with Crippen LogP contribution in [0.4, 0.5) is 11.4 Å². The van der Waals surface area contributed by atoms with Crippen molar-refractivity contribution in [3.05, 3.63) is 59.7 Å².